The van der Waals surface area contributed by atoms with E-state index in [-0.39, 0.29) is 0 Å². The lowest BCUT2D eigenvalue weighted by molar-refractivity contribution is -0.137. The lowest BCUT2D eigenvalue weighted by Crippen LogP contribution is -2.06. The smallest absolute Gasteiger partial charge is 0.308 e. The Hall–Kier alpha value is -8.15. The molecule has 10 aromatic rings. The highest BCUT2D eigenvalue weighted by atomic mass is 19.4. The van der Waals surface area contributed by atoms with Crippen molar-refractivity contribution in [2.45, 2.75) is 13.1 Å². The van der Waals surface area contributed by atoms with Gasteiger partial charge in [-0.25, -0.2) is 19.8 Å². The van der Waals surface area contributed by atoms with Crippen LogP contribution in [0.3, 0.4) is 0 Å². The van der Waals surface area contributed by atoms with E-state index in [1.54, 1.807) is 6.07 Å². The minimum atomic E-state index is -4.58. The monoisotopic (exact) mass is 809 g/mol. The van der Waals surface area contributed by atoms with Crippen molar-refractivity contribution in [1.82, 2.24) is 19.5 Å². The second-order valence-corrected chi connectivity index (χ2v) is 15.1. The van der Waals surface area contributed by atoms with Crippen molar-refractivity contribution >= 4 is 27.5 Å². The van der Waals surface area contributed by atoms with Gasteiger partial charge >= 0.3 is 6.18 Å². The van der Waals surface area contributed by atoms with Gasteiger partial charge < -0.3 is 4.57 Å². The highest BCUT2D eigenvalue weighted by molar-refractivity contribution is 6.12. The van der Waals surface area contributed by atoms with Gasteiger partial charge in [0, 0.05) is 38.6 Å². The van der Waals surface area contributed by atoms with Gasteiger partial charge in [0.15, 0.2) is 23.2 Å². The number of hydrogen-bond acceptors (Lipinski definition) is 3. The van der Waals surface area contributed by atoms with Crippen LogP contribution in [0.15, 0.2) is 188 Å². The second kappa shape index (κ2) is 15.5. The van der Waals surface area contributed by atoms with Gasteiger partial charge in [0.2, 0.25) is 0 Å². The summed E-state index contributed by atoms with van der Waals surface area (Å²) in [6, 6.07) is 58.9. The first-order chi connectivity index (χ1) is 30.2. The number of aryl methyl sites for hydroxylation is 1. The average Bonchev–Trinajstić information content (AvgIpc) is 3.64. The standard InChI is InChI=1S/C54H34F3N5/c1-34-13-11-18-39(29-34)45-32-41(53-60-51(36-14-5-3-6-15-36)59-52(61-53)37-16-7-4-8-17-37)33-46(40-19-12-20-42(30-40)54(55,56)57)50(45)62-48-22-10-9-21-44(48)47-31-38(25-28-49(47)62)35-23-26-43(58-2)27-24-35/h3-33H,1H3. The van der Waals surface area contributed by atoms with Crippen LogP contribution in [-0.2, 0) is 6.18 Å². The fraction of sp³-hybridized carbons (Fsp3) is 0.0370. The van der Waals surface area contributed by atoms with Crippen molar-refractivity contribution in [3.63, 3.8) is 0 Å². The van der Waals surface area contributed by atoms with E-state index >= 15 is 0 Å². The molecule has 0 saturated heterocycles. The number of hydrogen-bond donors (Lipinski definition) is 0. The van der Waals surface area contributed by atoms with Crippen molar-refractivity contribution in [2.24, 2.45) is 0 Å². The average molecular weight is 810 g/mol. The molecule has 0 aliphatic rings. The molecule has 0 spiro atoms. The molecule has 8 heteroatoms. The minimum Gasteiger partial charge on any atom is -0.308 e. The predicted molar refractivity (Wildman–Crippen MR) is 243 cm³/mol. The summed E-state index contributed by atoms with van der Waals surface area (Å²) in [6.07, 6.45) is -4.58. The summed E-state index contributed by atoms with van der Waals surface area (Å²) in [5.74, 6) is 1.32. The van der Waals surface area contributed by atoms with Crippen LogP contribution in [0.4, 0.5) is 18.9 Å². The third-order valence-electron chi connectivity index (χ3n) is 11.1. The van der Waals surface area contributed by atoms with E-state index in [0.29, 0.717) is 45.5 Å². The Labute approximate surface area is 355 Å². The van der Waals surface area contributed by atoms with Crippen molar-refractivity contribution in [3.8, 4) is 73.2 Å². The van der Waals surface area contributed by atoms with Gasteiger partial charge in [-0.3, -0.25) is 0 Å². The molecule has 0 fully saturated rings. The molecule has 0 N–H and O–H groups in total. The Morgan fingerprint density at radius 1 is 0.452 bits per heavy atom. The fourth-order valence-electron chi connectivity index (χ4n) is 8.18. The Morgan fingerprint density at radius 3 is 1.60 bits per heavy atom. The molecule has 0 aliphatic carbocycles. The molecule has 296 valence electrons. The largest absolute Gasteiger partial charge is 0.416 e. The van der Waals surface area contributed by atoms with E-state index in [4.69, 9.17) is 21.5 Å². The van der Waals surface area contributed by atoms with Crippen LogP contribution in [0, 0.1) is 13.5 Å². The Kier molecular flexibility index (Phi) is 9.50. The third kappa shape index (κ3) is 7.06. The van der Waals surface area contributed by atoms with E-state index in [0.717, 1.165) is 66.8 Å². The Morgan fingerprint density at radius 2 is 0.984 bits per heavy atom. The van der Waals surface area contributed by atoms with E-state index in [1.165, 1.54) is 12.1 Å². The van der Waals surface area contributed by atoms with E-state index in [2.05, 4.69) is 39.7 Å². The molecule has 0 unspecified atom stereocenters. The number of benzene rings is 8. The second-order valence-electron chi connectivity index (χ2n) is 15.1. The molecule has 0 amide bonds. The first-order valence-corrected chi connectivity index (χ1v) is 20.0. The topological polar surface area (TPSA) is 48.0 Å². The minimum absolute atomic E-state index is 0.377. The summed E-state index contributed by atoms with van der Waals surface area (Å²) in [5.41, 5.74) is 10.1. The lowest BCUT2D eigenvalue weighted by Gasteiger charge is -2.22. The highest BCUT2D eigenvalue weighted by Gasteiger charge is 2.31. The van der Waals surface area contributed by atoms with Gasteiger partial charge in [0.25, 0.3) is 0 Å². The van der Waals surface area contributed by atoms with Crippen LogP contribution in [-0.4, -0.2) is 19.5 Å². The zero-order chi connectivity index (χ0) is 42.4. The molecule has 10 rings (SSSR count). The van der Waals surface area contributed by atoms with Gasteiger partial charge in [-0.2, -0.15) is 13.2 Å². The molecule has 0 radical (unpaired) electrons. The number of fused-ring (bicyclic) bond motifs is 3. The summed E-state index contributed by atoms with van der Waals surface area (Å²) in [5, 5.41) is 1.95. The number of halogens is 3. The number of aromatic nitrogens is 4. The van der Waals surface area contributed by atoms with Crippen molar-refractivity contribution < 1.29 is 13.2 Å². The first-order valence-electron chi connectivity index (χ1n) is 20.0. The van der Waals surface area contributed by atoms with Crippen LogP contribution >= 0.6 is 0 Å². The van der Waals surface area contributed by atoms with Crippen LogP contribution in [0.25, 0.3) is 99.9 Å². The van der Waals surface area contributed by atoms with Crippen molar-refractivity contribution in [2.75, 3.05) is 0 Å². The predicted octanol–water partition coefficient (Wildman–Crippen LogP) is 14.8. The van der Waals surface area contributed by atoms with E-state index in [1.807, 2.05) is 140 Å². The number of para-hydroxylation sites is 1. The van der Waals surface area contributed by atoms with Crippen molar-refractivity contribution in [1.29, 1.82) is 0 Å². The molecule has 62 heavy (non-hydrogen) atoms. The summed E-state index contributed by atoms with van der Waals surface area (Å²) < 4.78 is 45.9. The summed E-state index contributed by atoms with van der Waals surface area (Å²) in [4.78, 5) is 18.6. The molecule has 2 heterocycles. The SMILES string of the molecule is [C-]#[N+]c1ccc(-c2ccc3c(c2)c2ccccc2n3-c2c(-c3cccc(C)c3)cc(-c3nc(-c4ccccc4)nc(-c4ccccc4)n3)cc2-c2cccc(C(F)(F)F)c2)cc1. The molecular formula is C54H34F3N5. The molecule has 2 aromatic heterocycles. The van der Waals surface area contributed by atoms with E-state index < -0.39 is 11.7 Å². The molecular weight excluding hydrogens is 776 g/mol. The summed E-state index contributed by atoms with van der Waals surface area (Å²) in [7, 11) is 0. The number of rotatable bonds is 7. The quantitative estimate of drug-likeness (QED) is 0.151. The van der Waals surface area contributed by atoms with Gasteiger partial charge in [-0.1, -0.05) is 151 Å². The Bertz CT molecular complexity index is 3290. The summed E-state index contributed by atoms with van der Waals surface area (Å²) in [6.45, 7) is 9.45. The van der Waals surface area contributed by atoms with Crippen LogP contribution in [0.2, 0.25) is 0 Å². The summed E-state index contributed by atoms with van der Waals surface area (Å²) >= 11 is 0. The molecule has 0 bridgehead atoms. The maximum absolute atomic E-state index is 14.6. The van der Waals surface area contributed by atoms with Gasteiger partial charge in [-0.05, 0) is 71.6 Å². The zero-order valence-corrected chi connectivity index (χ0v) is 33.3. The number of nitrogens with zero attached hydrogens (tertiary/aromatic N) is 5. The molecule has 5 nitrogen and oxygen atoms in total. The lowest BCUT2D eigenvalue weighted by atomic mass is 9.91. The molecule has 0 atom stereocenters. The normalized spacial score (nSPS) is 11.5. The van der Waals surface area contributed by atoms with E-state index in [9.17, 15) is 13.2 Å². The van der Waals surface area contributed by atoms with Crippen LogP contribution in [0.5, 0.6) is 0 Å². The van der Waals surface area contributed by atoms with Crippen LogP contribution in [0.1, 0.15) is 11.1 Å². The molecule has 0 aliphatic heterocycles. The Balaban J connectivity index is 1.32. The third-order valence-corrected chi connectivity index (χ3v) is 11.1. The van der Waals surface area contributed by atoms with Gasteiger partial charge in [0.1, 0.15) is 0 Å². The maximum atomic E-state index is 14.6. The first kappa shape index (κ1) is 38.1. The molecule has 0 saturated carbocycles. The zero-order valence-electron chi connectivity index (χ0n) is 33.3. The maximum Gasteiger partial charge on any atom is 0.416 e. The van der Waals surface area contributed by atoms with Gasteiger partial charge in [-0.15, -0.1) is 0 Å². The number of alkyl halides is 3. The van der Waals surface area contributed by atoms with Crippen molar-refractivity contribution in [3.05, 3.63) is 211 Å². The van der Waals surface area contributed by atoms with Gasteiger partial charge in [0.05, 0.1) is 28.9 Å². The highest BCUT2D eigenvalue weighted by Crippen LogP contribution is 2.45. The molecule has 8 aromatic carbocycles. The van der Waals surface area contributed by atoms with Crippen LogP contribution < -0.4 is 0 Å². The fourth-order valence-corrected chi connectivity index (χ4v) is 8.18.